The summed E-state index contributed by atoms with van der Waals surface area (Å²) in [5.74, 6) is -0.260. The van der Waals surface area contributed by atoms with Gasteiger partial charge in [-0.05, 0) is 17.9 Å². The van der Waals surface area contributed by atoms with Crippen LogP contribution in [0, 0.1) is 12.3 Å². The van der Waals surface area contributed by atoms with Crippen molar-refractivity contribution in [2.45, 2.75) is 60.4 Å². The summed E-state index contributed by atoms with van der Waals surface area (Å²) in [4.78, 5) is 29.8. The third-order valence-corrected chi connectivity index (χ3v) is 5.96. The van der Waals surface area contributed by atoms with Crippen molar-refractivity contribution in [1.82, 2.24) is 20.0 Å². The fraction of sp³-hybridized carbons (Fsp3) is 0.435. The van der Waals surface area contributed by atoms with E-state index in [0.29, 0.717) is 21.4 Å². The Morgan fingerprint density at radius 3 is 2.29 bits per heavy atom. The molecule has 8 heteroatoms. The van der Waals surface area contributed by atoms with Crippen LogP contribution in [0.2, 0.25) is 0 Å². The predicted molar refractivity (Wildman–Crippen MR) is 123 cm³/mol. The van der Waals surface area contributed by atoms with Crippen LogP contribution < -0.4 is 5.32 Å². The summed E-state index contributed by atoms with van der Waals surface area (Å²) in [5, 5.41) is 11.5. The standard InChI is InChI=1S/C23H29N5O2S/c1-14-19(31-21(24-14)25-20(30)23(5,6)7)18(29)13-28-12-17(26-27-28)15-8-10-16(11-9-15)22(2,3)4/h8-12H,13H2,1-7H3,(H,24,25,30). The van der Waals surface area contributed by atoms with E-state index in [0.717, 1.165) is 5.56 Å². The number of ketones is 1. The number of nitrogens with zero attached hydrogens (tertiary/aromatic N) is 4. The minimum atomic E-state index is -0.536. The summed E-state index contributed by atoms with van der Waals surface area (Å²) in [6.45, 7) is 13.8. The van der Waals surface area contributed by atoms with Crippen molar-refractivity contribution in [1.29, 1.82) is 0 Å². The minimum Gasteiger partial charge on any atom is -0.301 e. The molecule has 7 nitrogen and oxygen atoms in total. The van der Waals surface area contributed by atoms with E-state index in [-0.39, 0.29) is 23.7 Å². The Hall–Kier alpha value is -2.87. The van der Waals surface area contributed by atoms with E-state index >= 15 is 0 Å². The smallest absolute Gasteiger partial charge is 0.231 e. The lowest BCUT2D eigenvalue weighted by Gasteiger charge is -2.18. The number of Topliss-reactive ketones (excluding diaryl/α,β-unsaturated/α-hetero) is 1. The van der Waals surface area contributed by atoms with Crippen LogP contribution in [0.5, 0.6) is 0 Å². The van der Waals surface area contributed by atoms with E-state index in [1.807, 2.05) is 32.9 Å². The highest BCUT2D eigenvalue weighted by Crippen LogP contribution is 2.27. The Kier molecular flexibility index (Phi) is 6.14. The van der Waals surface area contributed by atoms with Gasteiger partial charge >= 0.3 is 0 Å². The largest absolute Gasteiger partial charge is 0.301 e. The first-order valence-electron chi connectivity index (χ1n) is 10.2. The predicted octanol–water partition coefficient (Wildman–Crippen LogP) is 4.88. The number of carbonyl (C=O) groups is 2. The summed E-state index contributed by atoms with van der Waals surface area (Å²) in [6, 6.07) is 8.23. The van der Waals surface area contributed by atoms with E-state index < -0.39 is 5.41 Å². The Labute approximate surface area is 186 Å². The molecule has 0 spiro atoms. The fourth-order valence-corrected chi connectivity index (χ4v) is 3.75. The van der Waals surface area contributed by atoms with Gasteiger partial charge in [-0.3, -0.25) is 9.59 Å². The van der Waals surface area contributed by atoms with Gasteiger partial charge in [-0.15, -0.1) is 5.10 Å². The third-order valence-electron chi connectivity index (χ3n) is 4.84. The van der Waals surface area contributed by atoms with Gasteiger partial charge in [0.25, 0.3) is 0 Å². The molecule has 0 aliphatic heterocycles. The average molecular weight is 440 g/mol. The Bertz CT molecular complexity index is 1100. The summed E-state index contributed by atoms with van der Waals surface area (Å²) in [6.07, 6.45) is 1.77. The second-order valence-electron chi connectivity index (χ2n) is 9.69. The highest BCUT2D eigenvalue weighted by molar-refractivity contribution is 7.17. The van der Waals surface area contributed by atoms with E-state index in [1.54, 1.807) is 13.1 Å². The average Bonchev–Trinajstić information content (AvgIpc) is 3.27. The molecule has 0 unspecified atom stereocenters. The SMILES string of the molecule is Cc1nc(NC(=O)C(C)(C)C)sc1C(=O)Cn1cc(-c2ccc(C(C)(C)C)cc2)nn1. The highest BCUT2D eigenvalue weighted by Gasteiger charge is 2.24. The molecule has 0 fully saturated rings. The van der Waals surface area contributed by atoms with E-state index in [4.69, 9.17) is 0 Å². The lowest BCUT2D eigenvalue weighted by Crippen LogP contribution is -2.27. The quantitative estimate of drug-likeness (QED) is 0.573. The minimum absolute atomic E-state index is 0.0583. The number of hydrogen-bond donors (Lipinski definition) is 1. The first kappa shape index (κ1) is 22.8. The zero-order valence-corrected chi connectivity index (χ0v) is 19.9. The first-order valence-corrected chi connectivity index (χ1v) is 11.0. The number of aromatic nitrogens is 4. The number of carbonyl (C=O) groups excluding carboxylic acids is 2. The molecule has 0 bridgehead atoms. The van der Waals surface area contributed by atoms with Crippen LogP contribution in [0.15, 0.2) is 30.5 Å². The molecule has 3 rings (SSSR count). The van der Waals surface area contributed by atoms with Gasteiger partial charge in [-0.25, -0.2) is 9.67 Å². The molecule has 0 atom stereocenters. The van der Waals surface area contributed by atoms with Crippen molar-refractivity contribution in [2.75, 3.05) is 5.32 Å². The van der Waals surface area contributed by atoms with Gasteiger partial charge in [0.05, 0.1) is 16.8 Å². The van der Waals surface area contributed by atoms with E-state index in [9.17, 15) is 9.59 Å². The van der Waals surface area contributed by atoms with Crippen LogP contribution in [0.25, 0.3) is 11.3 Å². The molecule has 0 aliphatic carbocycles. The van der Waals surface area contributed by atoms with Gasteiger partial charge in [0.1, 0.15) is 12.2 Å². The number of nitrogens with one attached hydrogen (secondary N) is 1. The summed E-state index contributed by atoms with van der Waals surface area (Å²) >= 11 is 1.18. The summed E-state index contributed by atoms with van der Waals surface area (Å²) in [7, 11) is 0. The van der Waals surface area contributed by atoms with Crippen LogP contribution in [0.4, 0.5) is 5.13 Å². The monoisotopic (exact) mass is 439 g/mol. The molecule has 1 amide bonds. The fourth-order valence-electron chi connectivity index (χ4n) is 2.86. The van der Waals surface area contributed by atoms with Crippen LogP contribution >= 0.6 is 11.3 Å². The molecule has 1 aromatic carbocycles. The number of amides is 1. The molecule has 2 aromatic heterocycles. The van der Waals surface area contributed by atoms with Crippen molar-refractivity contribution in [3.05, 3.63) is 46.6 Å². The van der Waals surface area contributed by atoms with Crippen molar-refractivity contribution >= 4 is 28.2 Å². The number of hydrogen-bond acceptors (Lipinski definition) is 6. The van der Waals surface area contributed by atoms with E-state index in [2.05, 4.69) is 53.5 Å². The molecule has 164 valence electrons. The molecule has 3 aromatic rings. The molecular weight excluding hydrogens is 410 g/mol. The number of rotatable bonds is 5. The van der Waals surface area contributed by atoms with E-state index in [1.165, 1.54) is 21.6 Å². The molecule has 0 saturated heterocycles. The lowest BCUT2D eigenvalue weighted by molar-refractivity contribution is -0.123. The molecule has 0 aliphatic rings. The Balaban J connectivity index is 1.71. The maximum absolute atomic E-state index is 12.8. The highest BCUT2D eigenvalue weighted by atomic mass is 32.1. The van der Waals surface area contributed by atoms with Gasteiger partial charge in [0.2, 0.25) is 5.91 Å². The molecule has 0 saturated carbocycles. The lowest BCUT2D eigenvalue weighted by atomic mass is 9.86. The van der Waals surface area contributed by atoms with Crippen LogP contribution in [-0.4, -0.2) is 31.7 Å². The molecule has 31 heavy (non-hydrogen) atoms. The Morgan fingerprint density at radius 2 is 1.71 bits per heavy atom. The second kappa shape index (κ2) is 8.34. The van der Waals surface area contributed by atoms with Gasteiger partial charge in [0, 0.05) is 11.0 Å². The number of aryl methyl sites for hydroxylation is 1. The summed E-state index contributed by atoms with van der Waals surface area (Å²) < 4.78 is 1.53. The van der Waals surface area contributed by atoms with Crippen LogP contribution in [0.3, 0.4) is 0 Å². The summed E-state index contributed by atoms with van der Waals surface area (Å²) in [5.41, 5.74) is 3.05. The third kappa shape index (κ3) is 5.44. The number of anilines is 1. The van der Waals surface area contributed by atoms with Gasteiger partial charge in [-0.2, -0.15) is 0 Å². The maximum Gasteiger partial charge on any atom is 0.231 e. The molecule has 1 N–H and O–H groups in total. The van der Waals surface area contributed by atoms with Crippen molar-refractivity contribution in [3.63, 3.8) is 0 Å². The van der Waals surface area contributed by atoms with Crippen molar-refractivity contribution in [3.8, 4) is 11.3 Å². The molecule has 0 radical (unpaired) electrons. The maximum atomic E-state index is 12.8. The molecular formula is C23H29N5O2S. The van der Waals surface area contributed by atoms with Gasteiger partial charge in [-0.1, -0.05) is 82.4 Å². The zero-order chi connectivity index (χ0) is 23.0. The first-order chi connectivity index (χ1) is 14.3. The molecule has 2 heterocycles. The van der Waals surface area contributed by atoms with Crippen molar-refractivity contribution < 1.29 is 9.59 Å². The van der Waals surface area contributed by atoms with Gasteiger partial charge < -0.3 is 5.32 Å². The number of benzene rings is 1. The van der Waals surface area contributed by atoms with Crippen LogP contribution in [0.1, 0.15) is 62.5 Å². The number of thiazole rings is 1. The topological polar surface area (TPSA) is 89.8 Å². The van der Waals surface area contributed by atoms with Crippen LogP contribution in [-0.2, 0) is 16.8 Å². The Morgan fingerprint density at radius 1 is 1.06 bits per heavy atom. The second-order valence-corrected chi connectivity index (χ2v) is 10.7. The zero-order valence-electron chi connectivity index (χ0n) is 19.1. The van der Waals surface area contributed by atoms with Gasteiger partial charge in [0.15, 0.2) is 10.9 Å². The van der Waals surface area contributed by atoms with Crippen molar-refractivity contribution in [2.24, 2.45) is 5.41 Å². The normalized spacial score (nSPS) is 12.1.